The molecule has 0 unspecified atom stereocenters. The molecule has 3 atom stereocenters. The van der Waals surface area contributed by atoms with Crippen LogP contribution in [-0.4, -0.2) is 42.1 Å². The maximum absolute atomic E-state index is 13.9. The number of carbonyl (C=O) groups is 1. The molecule has 1 N–H and O–H groups in total. The van der Waals surface area contributed by atoms with Crippen LogP contribution in [0, 0.1) is 22.6 Å². The van der Waals surface area contributed by atoms with Crippen LogP contribution >= 0.6 is 0 Å². The molecule has 2 fully saturated rings. The van der Waals surface area contributed by atoms with Gasteiger partial charge in [-0.15, -0.1) is 0 Å². The number of nitrogens with one attached hydrogen (secondary N) is 1. The molecule has 1 aromatic carbocycles. The first kappa shape index (κ1) is 21.0. The lowest BCUT2D eigenvalue weighted by molar-refractivity contribution is 0.0736. The number of fused-ring (bicyclic) bond motifs is 3. The number of aromatic nitrogens is 1. The fraction of sp³-hybridized carbons (Fsp3) is 0.583. The Labute approximate surface area is 177 Å². The van der Waals surface area contributed by atoms with Crippen LogP contribution in [0.15, 0.2) is 29.2 Å². The molecule has 2 aromatic rings. The normalized spacial score (nSPS) is 27.2. The number of likely N-dealkylation sites (N-methyl/N-ethyl adjacent to an activating group) is 1. The van der Waals surface area contributed by atoms with E-state index >= 15 is 0 Å². The fourth-order valence-corrected chi connectivity index (χ4v) is 5.89. The quantitative estimate of drug-likeness (QED) is 0.814. The van der Waals surface area contributed by atoms with Gasteiger partial charge in [0, 0.05) is 30.7 Å². The molecule has 1 heterocycles. The molecule has 1 aromatic heterocycles. The third kappa shape index (κ3) is 3.35. The SMILES string of the molecule is CN(C)CCn1cc(C(=O)N[C@@H]2C(C)(C)[C@H]3CC[C@]2(C)C3)c(=O)c2ccc(F)cc21. The van der Waals surface area contributed by atoms with Gasteiger partial charge < -0.3 is 14.8 Å². The number of benzene rings is 1. The van der Waals surface area contributed by atoms with Gasteiger partial charge in [0.1, 0.15) is 11.4 Å². The van der Waals surface area contributed by atoms with Crippen molar-refractivity contribution in [1.29, 1.82) is 0 Å². The van der Waals surface area contributed by atoms with E-state index < -0.39 is 5.82 Å². The largest absolute Gasteiger partial charge is 0.348 e. The van der Waals surface area contributed by atoms with Gasteiger partial charge in [-0.3, -0.25) is 9.59 Å². The highest BCUT2D eigenvalue weighted by atomic mass is 19.1. The van der Waals surface area contributed by atoms with Crippen LogP contribution in [0.1, 0.15) is 50.4 Å². The number of halogens is 1. The van der Waals surface area contributed by atoms with Crippen LogP contribution in [0.3, 0.4) is 0 Å². The van der Waals surface area contributed by atoms with E-state index in [4.69, 9.17) is 0 Å². The van der Waals surface area contributed by atoms with E-state index in [0.717, 1.165) is 12.8 Å². The highest BCUT2D eigenvalue weighted by molar-refractivity contribution is 5.97. The van der Waals surface area contributed by atoms with E-state index in [-0.39, 0.29) is 33.8 Å². The van der Waals surface area contributed by atoms with E-state index in [2.05, 4.69) is 26.1 Å². The lowest BCUT2D eigenvalue weighted by atomic mass is 9.68. The van der Waals surface area contributed by atoms with Crippen molar-refractivity contribution in [2.45, 2.75) is 52.6 Å². The number of rotatable bonds is 5. The molecule has 162 valence electrons. The van der Waals surface area contributed by atoms with Gasteiger partial charge in [0.25, 0.3) is 5.91 Å². The monoisotopic (exact) mass is 413 g/mol. The van der Waals surface area contributed by atoms with Crippen LogP contribution in [0.5, 0.6) is 0 Å². The standard InChI is InChI=1S/C24H32FN3O2/c1-23(2)15-8-9-24(3,13-15)22(23)26-21(30)18-14-28(11-10-27(4)5)19-12-16(25)6-7-17(19)20(18)29/h6-7,12,14-15,22H,8-11,13H2,1-5H3,(H,26,30)/t15-,22+,24+/m0/s1. The number of hydrogen-bond acceptors (Lipinski definition) is 3. The highest BCUT2D eigenvalue weighted by Crippen LogP contribution is 2.62. The third-order valence-corrected chi connectivity index (χ3v) is 7.62. The third-order valence-electron chi connectivity index (χ3n) is 7.62. The number of carbonyl (C=O) groups excluding carboxylic acids is 1. The Morgan fingerprint density at radius 2 is 2.03 bits per heavy atom. The van der Waals surface area contributed by atoms with Gasteiger partial charge in [-0.05, 0) is 68.3 Å². The molecule has 2 bridgehead atoms. The zero-order valence-electron chi connectivity index (χ0n) is 18.6. The van der Waals surface area contributed by atoms with Crippen LogP contribution in [0.25, 0.3) is 10.9 Å². The van der Waals surface area contributed by atoms with Crippen molar-refractivity contribution in [3.8, 4) is 0 Å². The predicted molar refractivity (Wildman–Crippen MR) is 117 cm³/mol. The summed E-state index contributed by atoms with van der Waals surface area (Å²) < 4.78 is 15.7. The highest BCUT2D eigenvalue weighted by Gasteiger charge is 2.59. The van der Waals surface area contributed by atoms with Crippen molar-refractivity contribution in [1.82, 2.24) is 14.8 Å². The Kier molecular flexibility index (Phi) is 5.04. The Bertz CT molecular complexity index is 1050. The average molecular weight is 414 g/mol. The molecule has 6 heteroatoms. The molecule has 30 heavy (non-hydrogen) atoms. The summed E-state index contributed by atoms with van der Waals surface area (Å²) >= 11 is 0. The van der Waals surface area contributed by atoms with Gasteiger partial charge >= 0.3 is 0 Å². The van der Waals surface area contributed by atoms with Crippen molar-refractivity contribution in [2.75, 3.05) is 20.6 Å². The number of pyridine rings is 1. The minimum atomic E-state index is -0.394. The van der Waals surface area contributed by atoms with Crippen LogP contribution in [-0.2, 0) is 6.54 Å². The van der Waals surface area contributed by atoms with Crippen molar-refractivity contribution >= 4 is 16.8 Å². The first-order chi connectivity index (χ1) is 14.0. The molecule has 0 saturated heterocycles. The van der Waals surface area contributed by atoms with Gasteiger partial charge in [0.2, 0.25) is 5.43 Å². The van der Waals surface area contributed by atoms with Gasteiger partial charge in [0.15, 0.2) is 0 Å². The van der Waals surface area contributed by atoms with Gasteiger partial charge in [0.05, 0.1) is 5.52 Å². The van der Waals surface area contributed by atoms with E-state index in [9.17, 15) is 14.0 Å². The van der Waals surface area contributed by atoms with E-state index in [1.807, 2.05) is 23.6 Å². The lowest BCUT2D eigenvalue weighted by Crippen LogP contribution is -2.53. The van der Waals surface area contributed by atoms with Crippen molar-refractivity contribution < 1.29 is 9.18 Å². The van der Waals surface area contributed by atoms with E-state index in [1.54, 1.807) is 6.20 Å². The summed E-state index contributed by atoms with van der Waals surface area (Å²) in [7, 11) is 3.91. The topological polar surface area (TPSA) is 54.3 Å². The summed E-state index contributed by atoms with van der Waals surface area (Å²) in [6, 6.07) is 4.17. The summed E-state index contributed by atoms with van der Waals surface area (Å²) in [6.45, 7) is 7.98. The van der Waals surface area contributed by atoms with Crippen LogP contribution in [0.2, 0.25) is 0 Å². The van der Waals surface area contributed by atoms with Crippen LogP contribution in [0.4, 0.5) is 4.39 Å². The summed E-state index contributed by atoms with van der Waals surface area (Å²) in [4.78, 5) is 28.5. The summed E-state index contributed by atoms with van der Waals surface area (Å²) in [5.41, 5.74) is 0.399. The summed E-state index contributed by atoms with van der Waals surface area (Å²) in [6.07, 6.45) is 5.03. The molecule has 2 aliphatic rings. The molecular weight excluding hydrogens is 381 g/mol. The molecule has 0 radical (unpaired) electrons. The molecule has 0 aliphatic heterocycles. The lowest BCUT2D eigenvalue weighted by Gasteiger charge is -2.43. The second-order valence-electron chi connectivity index (χ2n) is 10.4. The molecule has 1 amide bonds. The maximum Gasteiger partial charge on any atom is 0.257 e. The number of nitrogens with zero attached hydrogens (tertiary/aromatic N) is 2. The fourth-order valence-electron chi connectivity index (χ4n) is 5.89. The van der Waals surface area contributed by atoms with E-state index in [0.29, 0.717) is 29.9 Å². The minimum Gasteiger partial charge on any atom is -0.348 e. The van der Waals surface area contributed by atoms with Gasteiger partial charge in [-0.2, -0.15) is 0 Å². The minimum absolute atomic E-state index is 0.00653. The van der Waals surface area contributed by atoms with Crippen LogP contribution < -0.4 is 10.7 Å². The van der Waals surface area contributed by atoms with E-state index in [1.165, 1.54) is 24.6 Å². The average Bonchev–Trinajstić information content (AvgIpc) is 3.15. The van der Waals surface area contributed by atoms with Gasteiger partial charge in [-0.25, -0.2) is 4.39 Å². The first-order valence-corrected chi connectivity index (χ1v) is 10.8. The predicted octanol–water partition coefficient (Wildman–Crippen LogP) is 3.65. The van der Waals surface area contributed by atoms with Crippen molar-refractivity contribution in [3.05, 3.63) is 46.0 Å². The maximum atomic E-state index is 13.9. The molecule has 2 saturated carbocycles. The van der Waals surface area contributed by atoms with Gasteiger partial charge in [-0.1, -0.05) is 20.8 Å². The second kappa shape index (κ2) is 7.19. The Morgan fingerprint density at radius 3 is 2.67 bits per heavy atom. The molecule has 0 spiro atoms. The van der Waals surface area contributed by atoms with Crippen molar-refractivity contribution in [3.63, 3.8) is 0 Å². The zero-order valence-corrected chi connectivity index (χ0v) is 18.6. The molecule has 4 rings (SSSR count). The molecular formula is C24H32FN3O2. The Hall–Kier alpha value is -2.21. The summed E-state index contributed by atoms with van der Waals surface area (Å²) in [5, 5.41) is 3.61. The Morgan fingerprint density at radius 1 is 1.30 bits per heavy atom. The molecule has 5 nitrogen and oxygen atoms in total. The number of amides is 1. The zero-order chi connectivity index (χ0) is 21.8. The first-order valence-electron chi connectivity index (χ1n) is 10.8. The summed E-state index contributed by atoms with van der Waals surface area (Å²) in [5.74, 6) is -0.116. The smallest absolute Gasteiger partial charge is 0.257 e. The Balaban J connectivity index is 1.73. The molecule has 2 aliphatic carbocycles. The second-order valence-corrected chi connectivity index (χ2v) is 10.4. The van der Waals surface area contributed by atoms with Crippen molar-refractivity contribution in [2.24, 2.45) is 16.7 Å². The number of hydrogen-bond donors (Lipinski definition) is 1.